The normalized spacial score (nSPS) is 44.7. The molecule has 1 aromatic carbocycles. The Bertz CT molecular complexity index is 806. The molecule has 0 aliphatic heterocycles. The van der Waals surface area contributed by atoms with Gasteiger partial charge in [-0.05, 0) is 116 Å². The van der Waals surface area contributed by atoms with Gasteiger partial charge in [-0.25, -0.2) is 0 Å². The van der Waals surface area contributed by atoms with Gasteiger partial charge in [-0.2, -0.15) is 0 Å². The molecule has 0 saturated heterocycles. The number of aliphatic hydroxyl groups is 1. The van der Waals surface area contributed by atoms with E-state index in [4.69, 9.17) is 4.74 Å². The molecule has 0 radical (unpaired) electrons. The summed E-state index contributed by atoms with van der Waals surface area (Å²) in [6.45, 7) is 11.4. The van der Waals surface area contributed by atoms with Crippen molar-refractivity contribution in [2.45, 2.75) is 105 Å². The van der Waals surface area contributed by atoms with E-state index in [1.165, 1.54) is 56.9 Å². The highest BCUT2D eigenvalue weighted by Gasteiger charge is 2.64. The van der Waals surface area contributed by atoms with Crippen molar-refractivity contribution >= 4 is 0 Å². The van der Waals surface area contributed by atoms with Gasteiger partial charge in [0, 0.05) is 6.61 Å². The second kappa shape index (κ2) is 9.89. The Morgan fingerprint density at radius 1 is 1.00 bits per heavy atom. The first-order valence-corrected chi connectivity index (χ1v) is 14.6. The number of hydrogen-bond acceptors (Lipinski definition) is 2. The number of ether oxygens (including phenoxy) is 1. The van der Waals surface area contributed by atoms with E-state index in [0.717, 1.165) is 55.0 Å². The Morgan fingerprint density at radius 2 is 1.79 bits per heavy atom. The molecule has 0 spiro atoms. The van der Waals surface area contributed by atoms with Crippen molar-refractivity contribution in [2.24, 2.45) is 52.3 Å². The van der Waals surface area contributed by atoms with Crippen molar-refractivity contribution in [1.82, 2.24) is 0 Å². The van der Waals surface area contributed by atoms with Crippen LogP contribution in [0, 0.1) is 52.3 Å². The monoisotopic (exact) mass is 466 g/mol. The van der Waals surface area contributed by atoms with Gasteiger partial charge in [0.05, 0.1) is 12.7 Å². The van der Waals surface area contributed by atoms with Crippen molar-refractivity contribution in [3.8, 4) is 0 Å². The third kappa shape index (κ3) is 4.19. The Morgan fingerprint density at radius 3 is 2.56 bits per heavy atom. The fourth-order valence-electron chi connectivity index (χ4n) is 10.0. The van der Waals surface area contributed by atoms with Crippen LogP contribution in [-0.4, -0.2) is 17.8 Å². The summed E-state index contributed by atoms with van der Waals surface area (Å²) in [6.07, 6.45) is 13.7. The van der Waals surface area contributed by atoms with Gasteiger partial charge in [0.2, 0.25) is 0 Å². The summed E-state index contributed by atoms with van der Waals surface area (Å²) in [5, 5.41) is 9.50. The van der Waals surface area contributed by atoms with E-state index in [1.807, 2.05) is 0 Å². The molecule has 4 fully saturated rings. The molecule has 2 nitrogen and oxygen atoms in total. The van der Waals surface area contributed by atoms with Crippen molar-refractivity contribution in [3.05, 3.63) is 35.9 Å². The van der Waals surface area contributed by atoms with Crippen LogP contribution in [0.5, 0.6) is 0 Å². The molecule has 0 aromatic heterocycles. The molecule has 1 aromatic rings. The Kier molecular flexibility index (Phi) is 7.22. The Hall–Kier alpha value is -0.860. The summed E-state index contributed by atoms with van der Waals surface area (Å²) < 4.78 is 7.02. The van der Waals surface area contributed by atoms with Gasteiger partial charge in [0.25, 0.3) is 0 Å². The molecule has 2 heteroatoms. The second-order valence-electron chi connectivity index (χ2n) is 13.5. The van der Waals surface area contributed by atoms with Crippen LogP contribution in [0.4, 0.5) is 0 Å². The van der Waals surface area contributed by atoms with Gasteiger partial charge < -0.3 is 9.84 Å². The minimum atomic E-state index is 0.274. The van der Waals surface area contributed by atoms with Gasteiger partial charge in [-0.1, -0.05) is 64.4 Å². The molecule has 0 bridgehead atoms. The zero-order valence-corrected chi connectivity index (χ0v) is 22.3. The Balaban J connectivity index is 1.44. The summed E-state index contributed by atoms with van der Waals surface area (Å²) >= 11 is 0. The molecule has 4 aliphatic rings. The lowest BCUT2D eigenvalue weighted by molar-refractivity contribution is -0.191. The highest BCUT2D eigenvalue weighted by atomic mass is 16.5. The van der Waals surface area contributed by atoms with E-state index in [1.54, 1.807) is 0 Å². The quantitative estimate of drug-likeness (QED) is 0.443. The van der Waals surface area contributed by atoms with Crippen LogP contribution in [0.1, 0.15) is 97.5 Å². The van der Waals surface area contributed by atoms with Crippen LogP contribution in [-0.2, 0) is 11.3 Å². The zero-order chi connectivity index (χ0) is 23.9. The van der Waals surface area contributed by atoms with E-state index in [9.17, 15) is 5.11 Å². The van der Waals surface area contributed by atoms with E-state index < -0.39 is 0 Å². The molecule has 0 unspecified atom stereocenters. The lowest BCUT2D eigenvalue weighted by Gasteiger charge is -2.63. The molecule has 0 heterocycles. The first-order chi connectivity index (χ1) is 16.4. The largest absolute Gasteiger partial charge is 0.396 e. The minimum Gasteiger partial charge on any atom is -0.396 e. The maximum Gasteiger partial charge on any atom is 0.0720 e. The lowest BCUT2D eigenvalue weighted by Crippen LogP contribution is -2.59. The highest BCUT2D eigenvalue weighted by molar-refractivity contribution is 5.15. The summed E-state index contributed by atoms with van der Waals surface area (Å²) in [7, 11) is 0. The summed E-state index contributed by atoms with van der Waals surface area (Å²) in [5.74, 6) is 5.78. The second-order valence-corrected chi connectivity index (χ2v) is 13.5. The summed E-state index contributed by atoms with van der Waals surface area (Å²) in [5.41, 5.74) is 2.11. The number of fused-ring (bicyclic) bond motifs is 5. The van der Waals surface area contributed by atoms with E-state index in [0.29, 0.717) is 24.0 Å². The van der Waals surface area contributed by atoms with Crippen molar-refractivity contribution < 1.29 is 9.84 Å². The summed E-state index contributed by atoms with van der Waals surface area (Å²) in [6, 6.07) is 10.8. The SMILES string of the molecule is C[C@@H]1CC[C@@]2(C)[C@H](CC[C@@H]3[C@@H]2C[C@H](OCc2ccccc2)[C@]2(C)[C@@H]([C@H](C)CCCO)CC[C@@H]32)C1. The summed E-state index contributed by atoms with van der Waals surface area (Å²) in [4.78, 5) is 0. The Labute approximate surface area is 209 Å². The van der Waals surface area contributed by atoms with E-state index in [-0.39, 0.29) is 5.41 Å². The topological polar surface area (TPSA) is 29.5 Å². The van der Waals surface area contributed by atoms with Crippen LogP contribution >= 0.6 is 0 Å². The van der Waals surface area contributed by atoms with Crippen LogP contribution in [0.3, 0.4) is 0 Å². The van der Waals surface area contributed by atoms with Crippen LogP contribution in [0.25, 0.3) is 0 Å². The average Bonchev–Trinajstić information content (AvgIpc) is 3.20. The number of hydrogen-bond donors (Lipinski definition) is 1. The highest BCUT2D eigenvalue weighted by Crippen LogP contribution is 2.69. The molecule has 4 aliphatic carbocycles. The maximum atomic E-state index is 9.50. The predicted octanol–water partition coefficient (Wildman–Crippen LogP) is 7.89. The standard InChI is InChI=1S/C32H50O2/c1-22-16-17-31(3)25(19-22)12-13-26-28-15-14-27(23(2)9-8-18-33)32(28,4)30(20-29(26)31)34-21-24-10-6-5-7-11-24/h5-7,10-11,22-23,25-30,33H,8-9,12-21H2,1-4H3/t22-,23-,25-,26+,27-,28+,29+,30+,31+,32-/m1/s1. The fraction of sp³-hybridized carbons (Fsp3) is 0.812. The van der Waals surface area contributed by atoms with Crippen LogP contribution in [0.2, 0.25) is 0 Å². The lowest BCUT2D eigenvalue weighted by atomic mass is 9.43. The number of benzene rings is 1. The first kappa shape index (κ1) is 24.8. The molecular weight excluding hydrogens is 416 g/mol. The van der Waals surface area contributed by atoms with Gasteiger partial charge in [0.15, 0.2) is 0 Å². The minimum absolute atomic E-state index is 0.274. The molecule has 0 amide bonds. The van der Waals surface area contributed by atoms with Crippen molar-refractivity contribution in [1.29, 1.82) is 0 Å². The molecule has 1 N–H and O–H groups in total. The van der Waals surface area contributed by atoms with Crippen LogP contribution in [0.15, 0.2) is 30.3 Å². The third-order valence-electron chi connectivity index (χ3n) is 11.9. The molecule has 4 saturated carbocycles. The fourth-order valence-corrected chi connectivity index (χ4v) is 10.0. The zero-order valence-electron chi connectivity index (χ0n) is 22.3. The van der Waals surface area contributed by atoms with Gasteiger partial charge in [-0.15, -0.1) is 0 Å². The molecule has 190 valence electrons. The number of rotatable bonds is 7. The maximum absolute atomic E-state index is 9.50. The molecule has 5 rings (SSSR count). The van der Waals surface area contributed by atoms with Crippen molar-refractivity contribution in [2.75, 3.05) is 6.61 Å². The molecule has 34 heavy (non-hydrogen) atoms. The van der Waals surface area contributed by atoms with Crippen LogP contribution < -0.4 is 0 Å². The molecule has 10 atom stereocenters. The number of aliphatic hydroxyl groups excluding tert-OH is 1. The molecular formula is C32H50O2. The van der Waals surface area contributed by atoms with Gasteiger partial charge in [0.1, 0.15) is 0 Å². The van der Waals surface area contributed by atoms with Gasteiger partial charge >= 0.3 is 0 Å². The predicted molar refractivity (Wildman–Crippen MR) is 140 cm³/mol. The van der Waals surface area contributed by atoms with E-state index in [2.05, 4.69) is 58.0 Å². The van der Waals surface area contributed by atoms with E-state index >= 15 is 0 Å². The average molecular weight is 467 g/mol. The third-order valence-corrected chi connectivity index (χ3v) is 11.9. The van der Waals surface area contributed by atoms with Gasteiger partial charge in [-0.3, -0.25) is 0 Å². The van der Waals surface area contributed by atoms with Crippen molar-refractivity contribution in [3.63, 3.8) is 0 Å². The smallest absolute Gasteiger partial charge is 0.0720 e. The first-order valence-electron chi connectivity index (χ1n) is 14.6.